The van der Waals surface area contributed by atoms with Crippen molar-refractivity contribution in [2.75, 3.05) is 6.54 Å². The van der Waals surface area contributed by atoms with E-state index in [1.165, 1.54) is 23.5 Å². The summed E-state index contributed by atoms with van der Waals surface area (Å²) in [5.74, 6) is 0.233. The number of halogens is 1. The van der Waals surface area contributed by atoms with Crippen LogP contribution in [0.4, 0.5) is 4.39 Å². The number of ether oxygens (including phenoxy) is 1. The predicted octanol–water partition coefficient (Wildman–Crippen LogP) is 3.99. The number of nitrogens with one attached hydrogen (secondary N) is 1. The third-order valence-corrected chi connectivity index (χ3v) is 5.38. The standard InChI is InChI=1S/C20H17FN2O2S/c1-12-5-7-26-19(12)20(24)23-11-15-9-13-8-14(21)10-16(18(13)25-15)17-4-2-3-6-22-17/h2-8,10,15H,9,11H2,1H3,(H,23,24)/t15-/m1/s1. The summed E-state index contributed by atoms with van der Waals surface area (Å²) >= 11 is 1.42. The molecule has 0 saturated carbocycles. The van der Waals surface area contributed by atoms with E-state index in [2.05, 4.69) is 10.3 Å². The number of pyridine rings is 1. The van der Waals surface area contributed by atoms with Gasteiger partial charge in [-0.1, -0.05) is 6.07 Å². The second-order valence-electron chi connectivity index (χ2n) is 6.24. The van der Waals surface area contributed by atoms with Crippen LogP contribution >= 0.6 is 11.3 Å². The molecule has 0 bridgehead atoms. The largest absolute Gasteiger partial charge is 0.487 e. The van der Waals surface area contributed by atoms with Crippen molar-refractivity contribution < 1.29 is 13.9 Å². The maximum atomic E-state index is 14.0. The number of carbonyl (C=O) groups is 1. The number of thiophene rings is 1. The molecule has 0 fully saturated rings. The minimum Gasteiger partial charge on any atom is -0.487 e. The Hall–Kier alpha value is -2.73. The van der Waals surface area contributed by atoms with Gasteiger partial charge >= 0.3 is 0 Å². The van der Waals surface area contributed by atoms with Gasteiger partial charge in [0.15, 0.2) is 0 Å². The number of rotatable bonds is 4. The van der Waals surface area contributed by atoms with E-state index in [4.69, 9.17) is 4.74 Å². The quantitative estimate of drug-likeness (QED) is 0.758. The minimum absolute atomic E-state index is 0.104. The molecule has 0 unspecified atom stereocenters. The lowest BCUT2D eigenvalue weighted by Crippen LogP contribution is -2.34. The third kappa shape index (κ3) is 3.20. The molecule has 1 N–H and O–H groups in total. The van der Waals surface area contributed by atoms with E-state index in [-0.39, 0.29) is 17.8 Å². The van der Waals surface area contributed by atoms with Crippen LogP contribution in [0.5, 0.6) is 5.75 Å². The zero-order valence-corrected chi connectivity index (χ0v) is 15.0. The summed E-state index contributed by atoms with van der Waals surface area (Å²) in [5, 5.41) is 4.81. The number of aromatic nitrogens is 1. The summed E-state index contributed by atoms with van der Waals surface area (Å²) in [6, 6.07) is 10.4. The van der Waals surface area contributed by atoms with Gasteiger partial charge in [-0.05, 0) is 48.2 Å². The van der Waals surface area contributed by atoms with Crippen molar-refractivity contribution in [1.82, 2.24) is 10.3 Å². The topological polar surface area (TPSA) is 51.2 Å². The molecule has 0 aliphatic carbocycles. The Bertz CT molecular complexity index is 956. The Morgan fingerprint density at radius 3 is 3.00 bits per heavy atom. The van der Waals surface area contributed by atoms with Gasteiger partial charge in [-0.2, -0.15) is 0 Å². The summed E-state index contributed by atoms with van der Waals surface area (Å²) in [5.41, 5.74) is 3.07. The van der Waals surface area contributed by atoms with E-state index in [1.54, 1.807) is 6.20 Å². The SMILES string of the molecule is Cc1ccsc1C(=O)NC[C@H]1Cc2cc(F)cc(-c3ccccn3)c2O1. The van der Waals surface area contributed by atoms with Crippen molar-refractivity contribution in [3.05, 3.63) is 69.8 Å². The molecule has 0 radical (unpaired) electrons. The van der Waals surface area contributed by atoms with E-state index in [0.717, 1.165) is 11.1 Å². The first-order valence-corrected chi connectivity index (χ1v) is 9.22. The lowest BCUT2D eigenvalue weighted by molar-refractivity contribution is 0.0937. The molecular weight excluding hydrogens is 351 g/mol. The van der Waals surface area contributed by atoms with Crippen LogP contribution in [0.1, 0.15) is 20.8 Å². The second kappa shape index (κ2) is 6.88. The molecule has 26 heavy (non-hydrogen) atoms. The Labute approximate surface area is 154 Å². The average Bonchev–Trinajstić information content (AvgIpc) is 3.25. The summed E-state index contributed by atoms with van der Waals surface area (Å²) in [4.78, 5) is 17.3. The van der Waals surface area contributed by atoms with E-state index in [1.807, 2.05) is 36.6 Å². The summed E-state index contributed by atoms with van der Waals surface area (Å²) in [6.45, 7) is 2.28. The number of fused-ring (bicyclic) bond motifs is 1. The normalized spacial score (nSPS) is 15.4. The van der Waals surface area contributed by atoms with Crippen LogP contribution in [-0.4, -0.2) is 23.5 Å². The number of aryl methyl sites for hydroxylation is 1. The average molecular weight is 368 g/mol. The summed E-state index contributed by atoms with van der Waals surface area (Å²) in [7, 11) is 0. The molecular formula is C20H17FN2O2S. The first-order chi connectivity index (χ1) is 12.6. The summed E-state index contributed by atoms with van der Waals surface area (Å²) < 4.78 is 20.1. The molecule has 3 aromatic rings. The van der Waals surface area contributed by atoms with Crippen LogP contribution in [0.15, 0.2) is 48.0 Å². The number of hydrogen-bond donors (Lipinski definition) is 1. The van der Waals surface area contributed by atoms with Crippen LogP contribution < -0.4 is 10.1 Å². The van der Waals surface area contributed by atoms with Crippen LogP contribution in [-0.2, 0) is 6.42 Å². The van der Waals surface area contributed by atoms with Crippen molar-refractivity contribution in [2.45, 2.75) is 19.4 Å². The molecule has 1 amide bonds. The van der Waals surface area contributed by atoms with Gasteiger partial charge in [0, 0.05) is 23.7 Å². The van der Waals surface area contributed by atoms with Gasteiger partial charge in [0.1, 0.15) is 17.7 Å². The van der Waals surface area contributed by atoms with Crippen LogP contribution in [0.2, 0.25) is 0 Å². The smallest absolute Gasteiger partial charge is 0.261 e. The Morgan fingerprint density at radius 1 is 1.38 bits per heavy atom. The molecule has 6 heteroatoms. The number of benzene rings is 1. The Morgan fingerprint density at radius 2 is 2.27 bits per heavy atom. The molecule has 132 valence electrons. The molecule has 1 aromatic carbocycles. The van der Waals surface area contributed by atoms with Crippen molar-refractivity contribution in [3.8, 4) is 17.0 Å². The predicted molar refractivity (Wildman–Crippen MR) is 99.1 cm³/mol. The van der Waals surface area contributed by atoms with Gasteiger partial charge in [-0.3, -0.25) is 9.78 Å². The van der Waals surface area contributed by atoms with Gasteiger partial charge in [-0.15, -0.1) is 11.3 Å². The fourth-order valence-corrected chi connectivity index (χ4v) is 3.95. The van der Waals surface area contributed by atoms with E-state index in [0.29, 0.717) is 34.8 Å². The minimum atomic E-state index is -0.313. The van der Waals surface area contributed by atoms with E-state index >= 15 is 0 Å². The third-order valence-electron chi connectivity index (χ3n) is 4.36. The lowest BCUT2D eigenvalue weighted by Gasteiger charge is -2.13. The molecule has 1 aliphatic heterocycles. The fourth-order valence-electron chi connectivity index (χ4n) is 3.11. The highest BCUT2D eigenvalue weighted by Crippen LogP contribution is 2.38. The number of hydrogen-bond acceptors (Lipinski definition) is 4. The van der Waals surface area contributed by atoms with Crippen molar-refractivity contribution in [3.63, 3.8) is 0 Å². The molecule has 1 atom stereocenters. The zero-order chi connectivity index (χ0) is 18.1. The molecule has 4 nitrogen and oxygen atoms in total. The van der Waals surface area contributed by atoms with Crippen molar-refractivity contribution >= 4 is 17.2 Å². The van der Waals surface area contributed by atoms with Gasteiger partial charge in [0.25, 0.3) is 5.91 Å². The molecule has 2 aromatic heterocycles. The van der Waals surface area contributed by atoms with E-state index in [9.17, 15) is 9.18 Å². The molecule has 0 saturated heterocycles. The molecule has 4 rings (SSSR count). The van der Waals surface area contributed by atoms with Crippen molar-refractivity contribution in [1.29, 1.82) is 0 Å². The maximum absolute atomic E-state index is 14.0. The number of nitrogens with zero attached hydrogens (tertiary/aromatic N) is 1. The van der Waals surface area contributed by atoms with Gasteiger partial charge in [0.2, 0.25) is 0 Å². The van der Waals surface area contributed by atoms with Crippen molar-refractivity contribution in [2.24, 2.45) is 0 Å². The highest BCUT2D eigenvalue weighted by molar-refractivity contribution is 7.12. The highest BCUT2D eigenvalue weighted by atomic mass is 32.1. The fraction of sp³-hybridized carbons (Fsp3) is 0.200. The first-order valence-electron chi connectivity index (χ1n) is 8.34. The van der Waals surface area contributed by atoms with Gasteiger partial charge < -0.3 is 10.1 Å². The number of amides is 1. The maximum Gasteiger partial charge on any atom is 0.261 e. The van der Waals surface area contributed by atoms with Crippen LogP contribution in [0.25, 0.3) is 11.3 Å². The van der Waals surface area contributed by atoms with Crippen LogP contribution in [0.3, 0.4) is 0 Å². The second-order valence-corrected chi connectivity index (χ2v) is 7.16. The van der Waals surface area contributed by atoms with E-state index < -0.39 is 0 Å². The first kappa shape index (κ1) is 16.7. The summed E-state index contributed by atoms with van der Waals surface area (Å²) in [6.07, 6.45) is 2.00. The Kier molecular flexibility index (Phi) is 4.42. The molecule has 1 aliphatic rings. The zero-order valence-electron chi connectivity index (χ0n) is 14.2. The monoisotopic (exact) mass is 368 g/mol. The highest BCUT2D eigenvalue weighted by Gasteiger charge is 2.28. The number of carbonyl (C=O) groups excluding carboxylic acids is 1. The van der Waals surface area contributed by atoms with Crippen LogP contribution in [0, 0.1) is 12.7 Å². The lowest BCUT2D eigenvalue weighted by atomic mass is 10.0. The Balaban J connectivity index is 1.51. The molecule has 3 heterocycles. The van der Waals surface area contributed by atoms with Gasteiger partial charge in [0.05, 0.1) is 17.1 Å². The molecule has 0 spiro atoms. The van der Waals surface area contributed by atoms with Gasteiger partial charge in [-0.25, -0.2) is 4.39 Å².